The molecule has 4 aromatic carbocycles. The third kappa shape index (κ3) is 5.34. The summed E-state index contributed by atoms with van der Waals surface area (Å²) in [5.74, 6) is -0.144. The number of fused-ring (bicyclic) bond motifs is 1. The topological polar surface area (TPSA) is 66.5 Å². The van der Waals surface area contributed by atoms with E-state index in [1.54, 1.807) is 4.90 Å². The Morgan fingerprint density at radius 1 is 0.861 bits per heavy atom. The van der Waals surface area contributed by atoms with Crippen LogP contribution in [0.3, 0.4) is 0 Å². The molecule has 1 atom stereocenters. The number of carbonyl (C=O) groups is 3. The van der Waals surface area contributed by atoms with Crippen LogP contribution >= 0.6 is 11.8 Å². The Bertz CT molecular complexity index is 1440. The molecular formula is C30H26N2O3S. The van der Waals surface area contributed by atoms with Gasteiger partial charge in [-0.25, -0.2) is 0 Å². The zero-order valence-corrected chi connectivity index (χ0v) is 20.8. The molecule has 5 rings (SSSR count). The lowest BCUT2D eigenvalue weighted by molar-refractivity contribution is -0.129. The summed E-state index contributed by atoms with van der Waals surface area (Å²) in [6, 6.07) is 30.5. The quantitative estimate of drug-likeness (QED) is 0.363. The summed E-state index contributed by atoms with van der Waals surface area (Å²) in [5.41, 5.74) is 5.23. The molecule has 1 heterocycles. The molecule has 0 radical (unpaired) electrons. The van der Waals surface area contributed by atoms with Gasteiger partial charge in [-0.15, -0.1) is 0 Å². The van der Waals surface area contributed by atoms with Crippen LogP contribution < -0.4 is 5.32 Å². The van der Waals surface area contributed by atoms with Crippen molar-refractivity contribution in [2.45, 2.75) is 24.6 Å². The molecule has 180 valence electrons. The van der Waals surface area contributed by atoms with Gasteiger partial charge in [0.25, 0.3) is 5.24 Å². The summed E-state index contributed by atoms with van der Waals surface area (Å²) in [7, 11) is 1.84. The van der Waals surface area contributed by atoms with Crippen molar-refractivity contribution in [2.24, 2.45) is 0 Å². The van der Waals surface area contributed by atoms with E-state index in [0.29, 0.717) is 19.4 Å². The van der Waals surface area contributed by atoms with Crippen molar-refractivity contribution >= 4 is 39.6 Å². The van der Waals surface area contributed by atoms with Crippen molar-refractivity contribution in [3.05, 3.63) is 108 Å². The average molecular weight is 495 g/mol. The van der Waals surface area contributed by atoms with Gasteiger partial charge >= 0.3 is 0 Å². The van der Waals surface area contributed by atoms with Gasteiger partial charge in [0.2, 0.25) is 11.8 Å². The van der Waals surface area contributed by atoms with Crippen molar-refractivity contribution in [1.29, 1.82) is 0 Å². The molecule has 0 aliphatic carbocycles. The molecule has 1 aliphatic heterocycles. The van der Waals surface area contributed by atoms with Gasteiger partial charge in [-0.2, -0.15) is 0 Å². The maximum absolute atomic E-state index is 13.0. The van der Waals surface area contributed by atoms with Crippen molar-refractivity contribution in [3.8, 4) is 11.1 Å². The molecule has 0 aromatic heterocycles. The minimum absolute atomic E-state index is 0.0772. The van der Waals surface area contributed by atoms with Gasteiger partial charge < -0.3 is 4.90 Å². The molecule has 4 aromatic rings. The van der Waals surface area contributed by atoms with E-state index >= 15 is 0 Å². The van der Waals surface area contributed by atoms with Crippen LogP contribution in [0.5, 0.6) is 0 Å². The van der Waals surface area contributed by atoms with Gasteiger partial charge in [0.15, 0.2) is 0 Å². The largest absolute Gasteiger partial charge is 0.341 e. The van der Waals surface area contributed by atoms with Gasteiger partial charge in [-0.3, -0.25) is 19.7 Å². The van der Waals surface area contributed by atoms with Gasteiger partial charge in [0.1, 0.15) is 0 Å². The number of nitrogens with zero attached hydrogens (tertiary/aromatic N) is 1. The number of nitrogens with one attached hydrogen (secondary N) is 1. The second-order valence-electron chi connectivity index (χ2n) is 9.05. The molecule has 3 amide bonds. The molecule has 1 N–H and O–H groups in total. The molecule has 1 unspecified atom stereocenters. The number of likely N-dealkylation sites (N-methyl/N-ethyl adjacent to an activating group) is 1. The van der Waals surface area contributed by atoms with Crippen LogP contribution in [0.4, 0.5) is 4.79 Å². The lowest BCUT2D eigenvalue weighted by atomic mass is 10.00. The number of amides is 3. The number of imide groups is 1. The minimum Gasteiger partial charge on any atom is -0.341 e. The van der Waals surface area contributed by atoms with Crippen LogP contribution in [0.15, 0.2) is 91.0 Å². The fourth-order valence-corrected chi connectivity index (χ4v) is 5.39. The van der Waals surface area contributed by atoms with E-state index in [-0.39, 0.29) is 22.3 Å². The number of benzene rings is 4. The van der Waals surface area contributed by atoms with E-state index in [4.69, 9.17) is 0 Å². The third-order valence-corrected chi connectivity index (χ3v) is 7.45. The number of thioether (sulfide) groups is 1. The van der Waals surface area contributed by atoms with Crippen molar-refractivity contribution in [2.75, 3.05) is 7.05 Å². The first kappa shape index (κ1) is 23.8. The van der Waals surface area contributed by atoms with E-state index in [1.165, 1.54) is 0 Å². The lowest BCUT2D eigenvalue weighted by Crippen LogP contribution is -2.27. The van der Waals surface area contributed by atoms with Crippen molar-refractivity contribution < 1.29 is 14.4 Å². The van der Waals surface area contributed by atoms with Crippen molar-refractivity contribution in [3.63, 3.8) is 0 Å². The first-order valence-electron chi connectivity index (χ1n) is 11.9. The highest BCUT2D eigenvalue weighted by molar-refractivity contribution is 8.15. The normalized spacial score (nSPS) is 15.2. The van der Waals surface area contributed by atoms with E-state index in [0.717, 1.165) is 50.4 Å². The maximum atomic E-state index is 13.0. The molecule has 1 aliphatic rings. The Morgan fingerprint density at radius 2 is 1.61 bits per heavy atom. The zero-order valence-electron chi connectivity index (χ0n) is 19.9. The zero-order chi connectivity index (χ0) is 25.1. The molecule has 0 saturated carbocycles. The summed E-state index contributed by atoms with van der Waals surface area (Å²) in [6.07, 6.45) is 0.883. The van der Waals surface area contributed by atoms with Gasteiger partial charge in [-0.1, -0.05) is 96.7 Å². The first-order chi connectivity index (χ1) is 17.5. The minimum atomic E-state index is -0.367. The second-order valence-corrected chi connectivity index (χ2v) is 10.2. The molecule has 1 saturated heterocycles. The molecule has 5 nitrogen and oxygen atoms in total. The standard InChI is InChI=1S/C30H26N2O3S/c1-32(28(33)18-25-10-5-8-23-7-2-3-11-26(23)25)19-21-6-4-9-24(16-21)22-14-12-20(13-15-22)17-27-29(34)31-30(35)36-27/h2-16,27H,17-19H2,1H3,(H,31,34,35). The SMILES string of the molecule is CN(Cc1cccc(-c2ccc(CC3SC(=O)NC3=O)cc2)c1)C(=O)Cc1cccc2ccccc12. The van der Waals surface area contributed by atoms with Crippen LogP contribution in [0.2, 0.25) is 0 Å². The Kier molecular flexibility index (Phi) is 6.87. The van der Waals surface area contributed by atoms with E-state index in [9.17, 15) is 14.4 Å². The second kappa shape index (κ2) is 10.4. The summed E-state index contributed by atoms with van der Waals surface area (Å²) >= 11 is 1.05. The summed E-state index contributed by atoms with van der Waals surface area (Å²) in [4.78, 5) is 38.0. The fraction of sp³-hybridized carbons (Fsp3) is 0.167. The number of rotatable bonds is 7. The lowest BCUT2D eigenvalue weighted by Gasteiger charge is -2.18. The predicted octanol–water partition coefficient (Wildman–Crippen LogP) is 5.60. The monoisotopic (exact) mass is 494 g/mol. The summed E-state index contributed by atoms with van der Waals surface area (Å²) in [5, 5.41) is 3.94. The first-order valence-corrected chi connectivity index (χ1v) is 12.7. The van der Waals surface area contributed by atoms with Crippen molar-refractivity contribution in [1.82, 2.24) is 10.2 Å². The Balaban J connectivity index is 1.24. The molecule has 6 heteroatoms. The Labute approximate surface area is 214 Å². The van der Waals surface area contributed by atoms with Crippen LogP contribution in [0, 0.1) is 0 Å². The highest BCUT2D eigenvalue weighted by Gasteiger charge is 2.31. The molecule has 0 bridgehead atoms. The summed E-state index contributed by atoms with van der Waals surface area (Å²) in [6.45, 7) is 0.525. The molecule has 0 spiro atoms. The Hall–Kier alpha value is -3.90. The highest BCUT2D eigenvalue weighted by Crippen LogP contribution is 2.26. The average Bonchev–Trinajstić information content (AvgIpc) is 3.21. The molecule has 36 heavy (non-hydrogen) atoms. The molecular weight excluding hydrogens is 468 g/mol. The van der Waals surface area contributed by atoms with Crippen LogP contribution in [-0.4, -0.2) is 34.3 Å². The van der Waals surface area contributed by atoms with Gasteiger partial charge in [-0.05, 0) is 51.1 Å². The van der Waals surface area contributed by atoms with Gasteiger partial charge in [0.05, 0.1) is 11.7 Å². The Morgan fingerprint density at radius 3 is 2.39 bits per heavy atom. The van der Waals surface area contributed by atoms with Crippen LogP contribution in [0.25, 0.3) is 21.9 Å². The van der Waals surface area contributed by atoms with E-state index in [1.807, 2.05) is 67.7 Å². The smallest absolute Gasteiger partial charge is 0.286 e. The number of hydrogen-bond donors (Lipinski definition) is 1. The third-order valence-electron chi connectivity index (χ3n) is 6.47. The fourth-order valence-electron chi connectivity index (χ4n) is 4.53. The predicted molar refractivity (Wildman–Crippen MR) is 145 cm³/mol. The highest BCUT2D eigenvalue weighted by atomic mass is 32.2. The van der Waals surface area contributed by atoms with Gasteiger partial charge in [0, 0.05) is 13.6 Å². The van der Waals surface area contributed by atoms with Crippen LogP contribution in [0.1, 0.15) is 16.7 Å². The summed E-state index contributed by atoms with van der Waals surface area (Å²) < 4.78 is 0. The number of hydrogen-bond acceptors (Lipinski definition) is 4. The van der Waals surface area contributed by atoms with E-state index in [2.05, 4.69) is 35.6 Å². The number of carbonyl (C=O) groups excluding carboxylic acids is 3. The van der Waals surface area contributed by atoms with Crippen LogP contribution in [-0.2, 0) is 29.0 Å². The van der Waals surface area contributed by atoms with E-state index < -0.39 is 0 Å². The molecule has 1 fully saturated rings. The maximum Gasteiger partial charge on any atom is 0.286 e.